The van der Waals surface area contributed by atoms with Crippen LogP contribution in [0.5, 0.6) is 0 Å². The lowest BCUT2D eigenvalue weighted by molar-refractivity contribution is 0.0729. The van der Waals surface area contributed by atoms with E-state index in [1.165, 1.54) is 0 Å². The van der Waals surface area contributed by atoms with Crippen LogP contribution in [-0.4, -0.2) is 43.3 Å². The van der Waals surface area contributed by atoms with Gasteiger partial charge in [0.25, 0.3) is 0 Å². The standard InChI is InChI=1S/C17H23F3N2O/c1-2-22-6-3-15(21-12-4-7-23-8-5-12)17(22)11-9-13(18)16(20)14(19)10-11/h9-10,12,15,17,21H,2-8H2,1H3. The van der Waals surface area contributed by atoms with Crippen LogP contribution in [0.15, 0.2) is 12.1 Å². The minimum absolute atomic E-state index is 0.113. The van der Waals surface area contributed by atoms with Gasteiger partial charge in [-0.25, -0.2) is 13.2 Å². The van der Waals surface area contributed by atoms with Gasteiger partial charge in [0, 0.05) is 31.8 Å². The van der Waals surface area contributed by atoms with Crippen molar-refractivity contribution < 1.29 is 17.9 Å². The molecule has 23 heavy (non-hydrogen) atoms. The molecule has 1 aromatic rings. The molecular formula is C17H23F3N2O. The van der Waals surface area contributed by atoms with Crippen molar-refractivity contribution in [2.24, 2.45) is 0 Å². The van der Waals surface area contributed by atoms with E-state index in [1.807, 2.05) is 6.92 Å². The number of benzene rings is 1. The zero-order valence-electron chi connectivity index (χ0n) is 13.3. The SMILES string of the molecule is CCN1CCC(NC2CCOCC2)C1c1cc(F)c(F)c(F)c1. The zero-order valence-corrected chi connectivity index (χ0v) is 13.3. The fourth-order valence-corrected chi connectivity index (χ4v) is 3.74. The molecule has 2 atom stereocenters. The van der Waals surface area contributed by atoms with E-state index in [0.29, 0.717) is 11.6 Å². The largest absolute Gasteiger partial charge is 0.381 e. The van der Waals surface area contributed by atoms with Gasteiger partial charge in [-0.3, -0.25) is 4.90 Å². The molecule has 2 saturated heterocycles. The molecule has 0 saturated carbocycles. The summed E-state index contributed by atoms with van der Waals surface area (Å²) in [5.74, 6) is -3.63. The molecule has 3 nitrogen and oxygen atoms in total. The topological polar surface area (TPSA) is 24.5 Å². The van der Waals surface area contributed by atoms with E-state index < -0.39 is 17.5 Å². The Balaban J connectivity index is 1.82. The van der Waals surface area contributed by atoms with Crippen LogP contribution < -0.4 is 5.32 Å². The quantitative estimate of drug-likeness (QED) is 0.860. The Bertz CT molecular complexity index is 526. The molecule has 0 spiro atoms. The summed E-state index contributed by atoms with van der Waals surface area (Å²) in [6.45, 7) is 5.17. The third-order valence-corrected chi connectivity index (χ3v) is 4.93. The van der Waals surface area contributed by atoms with Crippen LogP contribution in [0.2, 0.25) is 0 Å². The minimum atomic E-state index is -1.40. The lowest BCUT2D eigenvalue weighted by atomic mass is 9.97. The van der Waals surface area contributed by atoms with Gasteiger partial charge in [-0.15, -0.1) is 0 Å². The highest BCUT2D eigenvalue weighted by Crippen LogP contribution is 2.34. The van der Waals surface area contributed by atoms with E-state index >= 15 is 0 Å². The predicted octanol–water partition coefficient (Wildman–Crippen LogP) is 3.01. The molecule has 6 heteroatoms. The van der Waals surface area contributed by atoms with E-state index in [-0.39, 0.29) is 12.1 Å². The molecular weight excluding hydrogens is 305 g/mol. The Hall–Kier alpha value is -1.11. The van der Waals surface area contributed by atoms with Crippen molar-refractivity contribution in [2.45, 2.75) is 44.3 Å². The van der Waals surface area contributed by atoms with Gasteiger partial charge in [-0.2, -0.15) is 0 Å². The van der Waals surface area contributed by atoms with Gasteiger partial charge < -0.3 is 10.1 Å². The molecule has 0 amide bonds. The maximum Gasteiger partial charge on any atom is 0.194 e. The van der Waals surface area contributed by atoms with Crippen LogP contribution in [0, 0.1) is 17.5 Å². The number of hydrogen-bond acceptors (Lipinski definition) is 3. The lowest BCUT2D eigenvalue weighted by Crippen LogP contribution is -2.44. The maximum atomic E-state index is 13.6. The lowest BCUT2D eigenvalue weighted by Gasteiger charge is -2.32. The van der Waals surface area contributed by atoms with Crippen LogP contribution in [0.1, 0.15) is 37.8 Å². The van der Waals surface area contributed by atoms with Gasteiger partial charge in [-0.05, 0) is 43.5 Å². The second kappa shape index (κ2) is 7.20. The number of likely N-dealkylation sites (tertiary alicyclic amines) is 1. The molecule has 0 radical (unpaired) electrons. The molecule has 0 aromatic heterocycles. The average Bonchev–Trinajstić information content (AvgIpc) is 2.95. The van der Waals surface area contributed by atoms with Crippen LogP contribution >= 0.6 is 0 Å². The van der Waals surface area contributed by atoms with Gasteiger partial charge >= 0.3 is 0 Å². The Morgan fingerprint density at radius 3 is 2.39 bits per heavy atom. The number of nitrogens with one attached hydrogen (secondary N) is 1. The molecule has 2 fully saturated rings. The third-order valence-electron chi connectivity index (χ3n) is 4.93. The summed E-state index contributed by atoms with van der Waals surface area (Å²) in [5, 5.41) is 3.62. The highest BCUT2D eigenvalue weighted by Gasteiger charge is 2.36. The zero-order chi connectivity index (χ0) is 16.4. The highest BCUT2D eigenvalue weighted by molar-refractivity contribution is 5.25. The number of hydrogen-bond donors (Lipinski definition) is 1. The van der Waals surface area contributed by atoms with Crippen molar-refractivity contribution in [1.29, 1.82) is 0 Å². The first-order chi connectivity index (χ1) is 11.1. The average molecular weight is 328 g/mol. The maximum absolute atomic E-state index is 13.6. The van der Waals surface area contributed by atoms with Gasteiger partial charge in [0.1, 0.15) is 0 Å². The molecule has 1 N–H and O–H groups in total. The van der Waals surface area contributed by atoms with Gasteiger partial charge in [0.2, 0.25) is 0 Å². The summed E-state index contributed by atoms with van der Waals surface area (Å²) in [6, 6.07) is 2.61. The van der Waals surface area contributed by atoms with Crippen molar-refractivity contribution in [1.82, 2.24) is 10.2 Å². The smallest absolute Gasteiger partial charge is 0.194 e. The Kier molecular flexibility index (Phi) is 5.24. The van der Waals surface area contributed by atoms with Crippen LogP contribution in [0.3, 0.4) is 0 Å². The second-order valence-corrected chi connectivity index (χ2v) is 6.32. The van der Waals surface area contributed by atoms with E-state index in [9.17, 15) is 13.2 Å². The molecule has 0 bridgehead atoms. The van der Waals surface area contributed by atoms with Crippen molar-refractivity contribution in [3.05, 3.63) is 35.1 Å². The third kappa shape index (κ3) is 3.54. The van der Waals surface area contributed by atoms with Gasteiger partial charge in [0.05, 0.1) is 6.04 Å². The predicted molar refractivity (Wildman–Crippen MR) is 81.7 cm³/mol. The molecule has 3 rings (SSSR count). The van der Waals surface area contributed by atoms with E-state index in [0.717, 1.165) is 57.7 Å². The summed E-state index contributed by atoms with van der Waals surface area (Å²) in [6.07, 6.45) is 2.81. The molecule has 0 aliphatic carbocycles. The van der Waals surface area contributed by atoms with Crippen LogP contribution in [-0.2, 0) is 4.74 Å². The highest BCUT2D eigenvalue weighted by atomic mass is 19.2. The van der Waals surface area contributed by atoms with Gasteiger partial charge in [-0.1, -0.05) is 6.92 Å². The van der Waals surface area contributed by atoms with E-state index in [1.54, 1.807) is 0 Å². The first-order valence-corrected chi connectivity index (χ1v) is 8.32. The summed E-state index contributed by atoms with van der Waals surface area (Å²) in [5.41, 5.74) is 0.505. The number of halogens is 3. The molecule has 2 aliphatic rings. The monoisotopic (exact) mass is 328 g/mol. The fourth-order valence-electron chi connectivity index (χ4n) is 3.74. The minimum Gasteiger partial charge on any atom is -0.381 e. The normalized spacial score (nSPS) is 26.8. The van der Waals surface area contributed by atoms with Crippen molar-refractivity contribution in [3.63, 3.8) is 0 Å². The molecule has 2 heterocycles. The van der Waals surface area contributed by atoms with Crippen molar-refractivity contribution in [3.8, 4) is 0 Å². The molecule has 128 valence electrons. The molecule has 1 aromatic carbocycles. The fraction of sp³-hybridized carbons (Fsp3) is 0.647. The number of likely N-dealkylation sites (N-methyl/N-ethyl adjacent to an activating group) is 1. The second-order valence-electron chi connectivity index (χ2n) is 6.32. The Labute approximate surface area is 134 Å². The summed E-state index contributed by atoms with van der Waals surface area (Å²) in [7, 11) is 0. The Morgan fingerprint density at radius 2 is 1.78 bits per heavy atom. The van der Waals surface area contributed by atoms with Gasteiger partial charge in [0.15, 0.2) is 17.5 Å². The first-order valence-electron chi connectivity index (χ1n) is 8.32. The first kappa shape index (κ1) is 16.7. The summed E-state index contributed by atoms with van der Waals surface area (Å²) < 4.78 is 45.9. The van der Waals surface area contributed by atoms with E-state index in [4.69, 9.17) is 4.74 Å². The molecule has 2 aliphatic heterocycles. The number of ether oxygens (including phenoxy) is 1. The van der Waals surface area contributed by atoms with Crippen molar-refractivity contribution >= 4 is 0 Å². The summed E-state index contributed by atoms with van der Waals surface area (Å²) in [4.78, 5) is 2.18. The van der Waals surface area contributed by atoms with E-state index in [2.05, 4.69) is 10.2 Å². The Morgan fingerprint density at radius 1 is 1.13 bits per heavy atom. The number of nitrogens with zero attached hydrogens (tertiary/aromatic N) is 1. The molecule has 2 unspecified atom stereocenters. The van der Waals surface area contributed by atoms with Crippen LogP contribution in [0.4, 0.5) is 13.2 Å². The number of rotatable bonds is 4. The van der Waals surface area contributed by atoms with Crippen LogP contribution in [0.25, 0.3) is 0 Å². The van der Waals surface area contributed by atoms with Crippen molar-refractivity contribution in [2.75, 3.05) is 26.3 Å². The summed E-state index contributed by atoms with van der Waals surface area (Å²) >= 11 is 0.